The summed E-state index contributed by atoms with van der Waals surface area (Å²) in [5, 5.41) is 2.81. The summed E-state index contributed by atoms with van der Waals surface area (Å²) in [5.41, 5.74) is 1.75. The number of hydrogen-bond acceptors (Lipinski definition) is 3. The number of rotatable bonds is 7. The molecule has 1 amide bonds. The van der Waals surface area contributed by atoms with Crippen molar-refractivity contribution in [2.24, 2.45) is 0 Å². The van der Waals surface area contributed by atoms with Crippen molar-refractivity contribution in [1.82, 2.24) is 10.3 Å². The molecule has 0 aliphatic heterocycles. The third-order valence-corrected chi connectivity index (χ3v) is 3.06. The van der Waals surface area contributed by atoms with Crippen molar-refractivity contribution in [3.05, 3.63) is 59.7 Å². The molecule has 2 rings (SSSR count). The van der Waals surface area contributed by atoms with Crippen molar-refractivity contribution in [2.45, 2.75) is 26.3 Å². The highest BCUT2D eigenvalue weighted by Gasteiger charge is 2.04. The molecule has 1 N–H and O–H groups in total. The van der Waals surface area contributed by atoms with Gasteiger partial charge in [0.1, 0.15) is 0 Å². The number of halogens is 1. The van der Waals surface area contributed by atoms with Crippen LogP contribution in [-0.2, 0) is 11.3 Å². The second-order valence-electron chi connectivity index (χ2n) is 4.93. The number of para-hydroxylation sites is 1. The Balaban J connectivity index is 1.65. The fraction of sp³-hybridized carbons (Fsp3) is 0.294. The molecule has 1 heterocycles. The third kappa shape index (κ3) is 5.16. The molecule has 0 spiro atoms. The zero-order valence-corrected chi connectivity index (χ0v) is 12.5. The van der Waals surface area contributed by atoms with Gasteiger partial charge in [-0.15, -0.1) is 0 Å². The first kappa shape index (κ1) is 15.9. The Morgan fingerprint density at radius 2 is 2.05 bits per heavy atom. The fourth-order valence-corrected chi connectivity index (χ4v) is 1.95. The van der Waals surface area contributed by atoms with E-state index in [1.54, 1.807) is 18.2 Å². The van der Waals surface area contributed by atoms with Gasteiger partial charge in [0.25, 0.3) is 0 Å². The third-order valence-electron chi connectivity index (χ3n) is 3.06. The van der Waals surface area contributed by atoms with E-state index in [9.17, 15) is 9.18 Å². The highest BCUT2D eigenvalue weighted by molar-refractivity contribution is 5.75. The van der Waals surface area contributed by atoms with Crippen LogP contribution in [0, 0.1) is 12.7 Å². The summed E-state index contributed by atoms with van der Waals surface area (Å²) in [4.78, 5) is 16.0. The predicted molar refractivity (Wildman–Crippen MR) is 81.9 cm³/mol. The van der Waals surface area contributed by atoms with Gasteiger partial charge in [0.2, 0.25) is 5.91 Å². The molecule has 0 bridgehead atoms. The van der Waals surface area contributed by atoms with Gasteiger partial charge in [0.05, 0.1) is 18.8 Å². The van der Waals surface area contributed by atoms with E-state index >= 15 is 0 Å². The molecule has 0 saturated heterocycles. The Kier molecular flexibility index (Phi) is 5.89. The number of aromatic nitrogens is 1. The summed E-state index contributed by atoms with van der Waals surface area (Å²) in [5.74, 6) is -0.246. The largest absolute Gasteiger partial charge is 0.491 e. The summed E-state index contributed by atoms with van der Waals surface area (Å²) in [6.07, 6.45) is 0.863. The average molecular weight is 302 g/mol. The lowest BCUT2D eigenvalue weighted by Gasteiger charge is -2.07. The molecule has 0 aliphatic carbocycles. The molecule has 0 aliphatic rings. The van der Waals surface area contributed by atoms with Gasteiger partial charge in [-0.1, -0.05) is 18.2 Å². The van der Waals surface area contributed by atoms with E-state index in [1.807, 2.05) is 25.1 Å². The SMILES string of the molecule is Cc1cccc(CNC(=O)CCCOc2ccccc2F)n1. The van der Waals surface area contributed by atoms with Gasteiger partial charge in [-0.3, -0.25) is 9.78 Å². The van der Waals surface area contributed by atoms with E-state index in [4.69, 9.17) is 4.74 Å². The van der Waals surface area contributed by atoms with Gasteiger partial charge in [0.15, 0.2) is 11.6 Å². The van der Waals surface area contributed by atoms with Gasteiger partial charge in [-0.2, -0.15) is 0 Å². The minimum Gasteiger partial charge on any atom is -0.491 e. The lowest BCUT2D eigenvalue weighted by molar-refractivity contribution is -0.121. The zero-order valence-electron chi connectivity index (χ0n) is 12.5. The lowest BCUT2D eigenvalue weighted by atomic mass is 10.3. The topological polar surface area (TPSA) is 51.2 Å². The van der Waals surface area contributed by atoms with Crippen LogP contribution < -0.4 is 10.1 Å². The molecular formula is C17H19FN2O2. The molecule has 1 aromatic heterocycles. The second-order valence-corrected chi connectivity index (χ2v) is 4.93. The molecule has 1 aromatic carbocycles. The zero-order chi connectivity index (χ0) is 15.8. The highest BCUT2D eigenvalue weighted by Crippen LogP contribution is 2.15. The summed E-state index contributed by atoms with van der Waals surface area (Å²) >= 11 is 0. The summed E-state index contributed by atoms with van der Waals surface area (Å²) in [7, 11) is 0. The van der Waals surface area contributed by atoms with Crippen LogP contribution in [0.2, 0.25) is 0 Å². The van der Waals surface area contributed by atoms with Crippen LogP contribution in [0.1, 0.15) is 24.2 Å². The van der Waals surface area contributed by atoms with Crippen LogP contribution in [0.25, 0.3) is 0 Å². The Labute approximate surface area is 129 Å². The molecule has 5 heteroatoms. The molecular weight excluding hydrogens is 283 g/mol. The number of carbonyl (C=O) groups is 1. The fourth-order valence-electron chi connectivity index (χ4n) is 1.95. The minimum atomic E-state index is -0.391. The lowest BCUT2D eigenvalue weighted by Crippen LogP contribution is -2.23. The molecule has 0 unspecified atom stereocenters. The molecule has 116 valence electrons. The van der Waals surface area contributed by atoms with Crippen molar-refractivity contribution in [3.8, 4) is 5.75 Å². The van der Waals surface area contributed by atoms with Crippen LogP contribution in [0.4, 0.5) is 4.39 Å². The first-order valence-corrected chi connectivity index (χ1v) is 7.22. The number of hydrogen-bond donors (Lipinski definition) is 1. The number of nitrogens with one attached hydrogen (secondary N) is 1. The number of aryl methyl sites for hydroxylation is 1. The first-order chi connectivity index (χ1) is 10.6. The van der Waals surface area contributed by atoms with Crippen LogP contribution in [0.15, 0.2) is 42.5 Å². The second kappa shape index (κ2) is 8.12. The van der Waals surface area contributed by atoms with Crippen LogP contribution in [0.3, 0.4) is 0 Å². The number of carbonyl (C=O) groups excluding carboxylic acids is 1. The van der Waals surface area contributed by atoms with Crippen molar-refractivity contribution >= 4 is 5.91 Å². The maximum atomic E-state index is 13.3. The van der Waals surface area contributed by atoms with Gasteiger partial charge < -0.3 is 10.1 Å². The molecule has 2 aromatic rings. The number of ether oxygens (including phenoxy) is 1. The standard InChI is InChI=1S/C17H19FN2O2/c1-13-6-4-7-14(20-13)12-19-17(21)10-5-11-22-16-9-3-2-8-15(16)18/h2-4,6-9H,5,10-12H2,1H3,(H,19,21). The summed E-state index contributed by atoms with van der Waals surface area (Å²) in [6.45, 7) is 2.62. The van der Waals surface area contributed by atoms with E-state index in [0.717, 1.165) is 11.4 Å². The molecule has 0 saturated carbocycles. The minimum absolute atomic E-state index is 0.0690. The van der Waals surface area contributed by atoms with Crippen molar-refractivity contribution in [3.63, 3.8) is 0 Å². The Hall–Kier alpha value is -2.43. The maximum Gasteiger partial charge on any atom is 0.220 e. The smallest absolute Gasteiger partial charge is 0.220 e. The van der Waals surface area contributed by atoms with Crippen molar-refractivity contribution in [2.75, 3.05) is 6.61 Å². The Morgan fingerprint density at radius 3 is 2.82 bits per heavy atom. The van der Waals surface area contributed by atoms with Crippen molar-refractivity contribution in [1.29, 1.82) is 0 Å². The van der Waals surface area contributed by atoms with Gasteiger partial charge in [0, 0.05) is 12.1 Å². The number of benzene rings is 1. The van der Waals surface area contributed by atoms with Crippen LogP contribution in [0.5, 0.6) is 5.75 Å². The highest BCUT2D eigenvalue weighted by atomic mass is 19.1. The van der Waals surface area contributed by atoms with Crippen molar-refractivity contribution < 1.29 is 13.9 Å². The Morgan fingerprint density at radius 1 is 1.23 bits per heavy atom. The van der Waals surface area contributed by atoms with E-state index in [1.165, 1.54) is 6.07 Å². The number of nitrogens with zero attached hydrogens (tertiary/aromatic N) is 1. The predicted octanol–water partition coefficient (Wildman–Crippen LogP) is 3.00. The summed E-state index contributed by atoms with van der Waals surface area (Å²) in [6, 6.07) is 11.9. The molecule has 22 heavy (non-hydrogen) atoms. The normalized spacial score (nSPS) is 10.3. The van der Waals surface area contributed by atoms with Crippen LogP contribution in [-0.4, -0.2) is 17.5 Å². The maximum absolute atomic E-state index is 13.3. The number of amides is 1. The monoisotopic (exact) mass is 302 g/mol. The first-order valence-electron chi connectivity index (χ1n) is 7.22. The van der Waals surface area contributed by atoms with E-state index in [2.05, 4.69) is 10.3 Å². The van der Waals surface area contributed by atoms with Crippen LogP contribution >= 0.6 is 0 Å². The average Bonchev–Trinajstić information content (AvgIpc) is 2.51. The Bertz CT molecular complexity index is 632. The van der Waals surface area contributed by atoms with Gasteiger partial charge in [-0.25, -0.2) is 4.39 Å². The number of pyridine rings is 1. The van der Waals surface area contributed by atoms with Gasteiger partial charge in [-0.05, 0) is 37.6 Å². The molecule has 0 atom stereocenters. The van der Waals surface area contributed by atoms with E-state index < -0.39 is 5.82 Å². The molecule has 0 fully saturated rings. The summed E-state index contributed by atoms with van der Waals surface area (Å²) < 4.78 is 18.6. The quantitative estimate of drug-likeness (QED) is 0.800. The molecule has 0 radical (unpaired) electrons. The van der Waals surface area contributed by atoms with E-state index in [0.29, 0.717) is 26.0 Å². The van der Waals surface area contributed by atoms with E-state index in [-0.39, 0.29) is 11.7 Å². The molecule has 4 nitrogen and oxygen atoms in total. The van der Waals surface area contributed by atoms with Gasteiger partial charge >= 0.3 is 0 Å².